The van der Waals surface area contributed by atoms with Crippen molar-refractivity contribution in [2.24, 2.45) is 5.92 Å². The third-order valence-electron chi connectivity index (χ3n) is 3.40. The molecule has 0 aromatic heterocycles. The molecule has 1 nitrogen and oxygen atoms in total. The molecule has 1 unspecified atom stereocenters. The van der Waals surface area contributed by atoms with Crippen molar-refractivity contribution in [3.05, 3.63) is 47.0 Å². The average molecular weight is 261 g/mol. The molecule has 94 valence electrons. The fourth-order valence-corrected chi connectivity index (χ4v) is 2.30. The number of benzene rings is 2. The lowest BCUT2D eigenvalue weighted by Gasteiger charge is -2.10. The fourth-order valence-electron chi connectivity index (χ4n) is 2.08. The second kappa shape index (κ2) is 5.53. The van der Waals surface area contributed by atoms with Crippen LogP contribution in [0.15, 0.2) is 36.4 Å². The highest BCUT2D eigenvalue weighted by atomic mass is 35.5. The van der Waals surface area contributed by atoms with Crippen molar-refractivity contribution < 1.29 is 4.79 Å². The maximum absolute atomic E-state index is 12.3. The van der Waals surface area contributed by atoms with Crippen molar-refractivity contribution in [2.75, 3.05) is 0 Å². The predicted molar refractivity (Wildman–Crippen MR) is 77.4 cm³/mol. The lowest BCUT2D eigenvalue weighted by atomic mass is 9.94. The van der Waals surface area contributed by atoms with E-state index in [0.29, 0.717) is 17.4 Å². The summed E-state index contributed by atoms with van der Waals surface area (Å²) in [5.41, 5.74) is 0.787. The van der Waals surface area contributed by atoms with Crippen LogP contribution < -0.4 is 0 Å². The monoisotopic (exact) mass is 260 g/mol. The third-order valence-corrected chi connectivity index (χ3v) is 3.73. The molecule has 18 heavy (non-hydrogen) atoms. The van der Waals surface area contributed by atoms with Gasteiger partial charge >= 0.3 is 0 Å². The van der Waals surface area contributed by atoms with Gasteiger partial charge < -0.3 is 0 Å². The van der Waals surface area contributed by atoms with Gasteiger partial charge in [-0.1, -0.05) is 56.1 Å². The van der Waals surface area contributed by atoms with E-state index in [1.807, 2.05) is 36.4 Å². The summed E-state index contributed by atoms with van der Waals surface area (Å²) in [6, 6.07) is 11.5. The minimum atomic E-state index is 0.206. The van der Waals surface area contributed by atoms with E-state index in [1.54, 1.807) is 0 Å². The van der Waals surface area contributed by atoms with Crippen molar-refractivity contribution in [3.8, 4) is 0 Å². The maximum atomic E-state index is 12.3. The van der Waals surface area contributed by atoms with Gasteiger partial charge in [-0.2, -0.15) is 0 Å². The molecule has 0 spiro atoms. The number of Topliss-reactive ketones (excluding diaryl/α,β-unsaturated/α-hetero) is 1. The molecule has 2 aromatic rings. The Balaban J connectivity index is 2.45. The minimum absolute atomic E-state index is 0.206. The molecule has 1 atom stereocenters. The number of hydrogen-bond donors (Lipinski definition) is 0. The van der Waals surface area contributed by atoms with Crippen LogP contribution in [-0.4, -0.2) is 5.78 Å². The van der Waals surface area contributed by atoms with Crippen molar-refractivity contribution in [2.45, 2.75) is 26.7 Å². The predicted octanol–water partition coefficient (Wildman–Crippen LogP) is 5.11. The zero-order valence-electron chi connectivity index (χ0n) is 10.7. The molecule has 0 amide bonds. The van der Waals surface area contributed by atoms with E-state index in [2.05, 4.69) is 13.8 Å². The van der Waals surface area contributed by atoms with E-state index >= 15 is 0 Å². The average Bonchev–Trinajstić information content (AvgIpc) is 2.39. The molecule has 0 saturated carbocycles. The van der Waals surface area contributed by atoms with E-state index in [1.165, 1.54) is 0 Å². The van der Waals surface area contributed by atoms with E-state index in [9.17, 15) is 4.79 Å². The van der Waals surface area contributed by atoms with Crippen molar-refractivity contribution in [1.29, 1.82) is 0 Å². The quantitative estimate of drug-likeness (QED) is 0.698. The summed E-state index contributed by atoms with van der Waals surface area (Å²) < 4.78 is 0. The Morgan fingerprint density at radius 1 is 1.17 bits per heavy atom. The minimum Gasteiger partial charge on any atom is -0.294 e. The number of carbonyl (C=O) groups is 1. The second-order valence-corrected chi connectivity index (χ2v) is 5.19. The van der Waals surface area contributed by atoms with E-state index in [4.69, 9.17) is 11.6 Å². The smallest absolute Gasteiger partial charge is 0.163 e. The summed E-state index contributed by atoms with van der Waals surface area (Å²) in [4.78, 5) is 12.3. The van der Waals surface area contributed by atoms with Crippen LogP contribution in [0.25, 0.3) is 10.8 Å². The molecule has 0 heterocycles. The first-order chi connectivity index (χ1) is 8.63. The fraction of sp³-hybridized carbons (Fsp3) is 0.312. The first-order valence-corrected chi connectivity index (χ1v) is 6.71. The largest absolute Gasteiger partial charge is 0.294 e. The number of halogens is 1. The van der Waals surface area contributed by atoms with Gasteiger partial charge in [0.15, 0.2) is 5.78 Å². The standard InChI is InChI=1S/C16H17ClO/c1-3-11(2)10-16(18)14-8-9-15(17)13-7-5-4-6-12(13)14/h4-9,11H,3,10H2,1-2H3. The van der Waals surface area contributed by atoms with E-state index in [-0.39, 0.29) is 5.78 Å². The zero-order chi connectivity index (χ0) is 13.1. The summed E-state index contributed by atoms with van der Waals surface area (Å²) in [6.45, 7) is 4.22. The summed E-state index contributed by atoms with van der Waals surface area (Å²) in [7, 11) is 0. The van der Waals surface area contributed by atoms with Gasteiger partial charge in [0.25, 0.3) is 0 Å². The molecule has 0 aliphatic carbocycles. The molecule has 0 bridgehead atoms. The van der Waals surface area contributed by atoms with Crippen LogP contribution in [0.2, 0.25) is 5.02 Å². The van der Waals surface area contributed by atoms with Crippen LogP contribution in [0.5, 0.6) is 0 Å². The molecule has 0 fully saturated rings. The van der Waals surface area contributed by atoms with Gasteiger partial charge in [-0.05, 0) is 23.4 Å². The van der Waals surface area contributed by atoms with Gasteiger partial charge in [-0.3, -0.25) is 4.79 Å². The number of rotatable bonds is 4. The highest BCUT2D eigenvalue weighted by Gasteiger charge is 2.13. The highest BCUT2D eigenvalue weighted by molar-refractivity contribution is 6.36. The lowest BCUT2D eigenvalue weighted by molar-refractivity contribution is 0.0965. The number of fused-ring (bicyclic) bond motifs is 1. The molecule has 0 aliphatic rings. The molecule has 0 radical (unpaired) electrons. The molecular weight excluding hydrogens is 244 g/mol. The van der Waals surface area contributed by atoms with Crippen molar-refractivity contribution in [1.82, 2.24) is 0 Å². The Kier molecular flexibility index (Phi) is 4.03. The first-order valence-electron chi connectivity index (χ1n) is 6.34. The second-order valence-electron chi connectivity index (χ2n) is 4.78. The van der Waals surface area contributed by atoms with Crippen LogP contribution in [-0.2, 0) is 0 Å². The Morgan fingerprint density at radius 2 is 1.83 bits per heavy atom. The number of carbonyl (C=O) groups excluding carboxylic acids is 1. The maximum Gasteiger partial charge on any atom is 0.163 e. The third kappa shape index (κ3) is 2.56. The summed E-state index contributed by atoms with van der Waals surface area (Å²) in [5, 5.41) is 2.61. The van der Waals surface area contributed by atoms with E-state index in [0.717, 1.165) is 22.8 Å². The van der Waals surface area contributed by atoms with Gasteiger partial charge in [-0.25, -0.2) is 0 Å². The van der Waals surface area contributed by atoms with Crippen LogP contribution in [0.4, 0.5) is 0 Å². The molecule has 2 heteroatoms. The molecule has 0 aliphatic heterocycles. The Labute approximate surface area is 113 Å². The molecule has 2 aromatic carbocycles. The van der Waals surface area contributed by atoms with Crippen LogP contribution >= 0.6 is 11.6 Å². The van der Waals surface area contributed by atoms with Gasteiger partial charge in [0.05, 0.1) is 0 Å². The number of hydrogen-bond acceptors (Lipinski definition) is 1. The molecule has 0 saturated heterocycles. The molecular formula is C16H17ClO. The molecule has 0 N–H and O–H groups in total. The van der Waals surface area contributed by atoms with Crippen LogP contribution in [0.1, 0.15) is 37.0 Å². The van der Waals surface area contributed by atoms with Crippen LogP contribution in [0, 0.1) is 5.92 Å². The topological polar surface area (TPSA) is 17.1 Å². The normalized spacial score (nSPS) is 12.6. The summed E-state index contributed by atoms with van der Waals surface area (Å²) >= 11 is 6.16. The zero-order valence-corrected chi connectivity index (χ0v) is 11.5. The highest BCUT2D eigenvalue weighted by Crippen LogP contribution is 2.27. The summed E-state index contributed by atoms with van der Waals surface area (Å²) in [6.07, 6.45) is 1.62. The van der Waals surface area contributed by atoms with Gasteiger partial charge in [0, 0.05) is 22.4 Å². The van der Waals surface area contributed by atoms with Crippen molar-refractivity contribution in [3.63, 3.8) is 0 Å². The Morgan fingerprint density at radius 3 is 2.50 bits per heavy atom. The van der Waals surface area contributed by atoms with Gasteiger partial charge in [-0.15, -0.1) is 0 Å². The Bertz CT molecular complexity index is 574. The van der Waals surface area contributed by atoms with Gasteiger partial charge in [0.1, 0.15) is 0 Å². The first kappa shape index (κ1) is 13.1. The Hall–Kier alpha value is -1.34. The SMILES string of the molecule is CCC(C)CC(=O)c1ccc(Cl)c2ccccc12. The number of ketones is 1. The van der Waals surface area contributed by atoms with Gasteiger partial charge in [0.2, 0.25) is 0 Å². The van der Waals surface area contributed by atoms with Crippen molar-refractivity contribution >= 4 is 28.2 Å². The summed E-state index contributed by atoms with van der Waals surface area (Å²) in [5.74, 6) is 0.629. The van der Waals surface area contributed by atoms with Crippen LogP contribution in [0.3, 0.4) is 0 Å². The van der Waals surface area contributed by atoms with E-state index < -0.39 is 0 Å². The lowest BCUT2D eigenvalue weighted by Crippen LogP contribution is -2.06. The molecule has 2 rings (SSSR count).